The molecule has 0 amide bonds. The number of hydrogen-bond donors (Lipinski definition) is 7. The van der Waals surface area contributed by atoms with E-state index in [0.717, 1.165) is 4.57 Å². The zero-order valence-electron chi connectivity index (χ0n) is 14.9. The number of aromatic nitrogens is 2. The highest BCUT2D eigenvalue weighted by Gasteiger charge is 2.43. The number of phosphoric acid groups is 3. The van der Waals surface area contributed by atoms with E-state index in [-0.39, 0.29) is 12.2 Å². The average Bonchev–Trinajstić information content (AvgIpc) is 2.92. The van der Waals surface area contributed by atoms with Gasteiger partial charge in [-0.3, -0.25) is 19.8 Å². The summed E-state index contributed by atoms with van der Waals surface area (Å²) in [4.78, 5) is 51.0. The van der Waals surface area contributed by atoms with Crippen molar-refractivity contribution in [3.8, 4) is 0 Å². The maximum Gasteiger partial charge on any atom is 0.490 e. The molecular formula is C10H18N3O14P3. The van der Waals surface area contributed by atoms with Gasteiger partial charge in [-0.15, -0.1) is 0 Å². The lowest BCUT2D eigenvalue weighted by Crippen LogP contribution is -2.29. The molecule has 2 heterocycles. The molecule has 20 heteroatoms. The van der Waals surface area contributed by atoms with Crippen molar-refractivity contribution in [2.75, 3.05) is 12.1 Å². The van der Waals surface area contributed by atoms with E-state index in [1.54, 1.807) is 5.48 Å². The first-order chi connectivity index (χ1) is 13.6. The van der Waals surface area contributed by atoms with Crippen LogP contribution in [0.1, 0.15) is 18.2 Å². The smallest absolute Gasteiger partial charge is 0.390 e. The molecule has 5 atom stereocenters. The van der Waals surface area contributed by atoms with Crippen molar-refractivity contribution in [1.29, 1.82) is 0 Å². The molecule has 0 radical (unpaired) electrons. The average molecular weight is 497 g/mol. The summed E-state index contributed by atoms with van der Waals surface area (Å²) in [6.07, 6.45) is -2.58. The minimum atomic E-state index is -5.68. The third kappa shape index (κ3) is 7.00. The summed E-state index contributed by atoms with van der Waals surface area (Å²) < 4.78 is 51.4. The Morgan fingerprint density at radius 2 is 1.87 bits per heavy atom. The summed E-state index contributed by atoms with van der Waals surface area (Å²) in [5, 5.41) is 18.9. The Kier molecular flexibility index (Phi) is 7.76. The number of aliphatic hydroxyl groups excluding tert-OH is 1. The quantitative estimate of drug-likeness (QED) is 0.165. The maximum atomic E-state index is 12.0. The van der Waals surface area contributed by atoms with Crippen LogP contribution in [-0.4, -0.2) is 58.3 Å². The number of nitrogens with one attached hydrogen (secondary N) is 1. The highest BCUT2D eigenvalue weighted by atomic mass is 31.3. The van der Waals surface area contributed by atoms with Crippen molar-refractivity contribution < 1.29 is 61.5 Å². The fourth-order valence-electron chi connectivity index (χ4n) is 2.39. The van der Waals surface area contributed by atoms with Gasteiger partial charge in [-0.2, -0.15) is 13.6 Å². The molecule has 1 aromatic rings. The Morgan fingerprint density at radius 3 is 2.43 bits per heavy atom. The van der Waals surface area contributed by atoms with Crippen molar-refractivity contribution >= 4 is 29.3 Å². The van der Waals surface area contributed by atoms with Gasteiger partial charge in [0.1, 0.15) is 12.3 Å². The first kappa shape index (κ1) is 25.2. The molecule has 2 unspecified atom stereocenters. The molecule has 0 saturated carbocycles. The SMILES string of the molecule is Cc1cn([C@@H]2C[C@@H](O)[C@H](COP(=O)(O)OP(=O)(O)OP(=O)(O)O)O2)c(=O)nc1NO. The van der Waals surface area contributed by atoms with Gasteiger partial charge in [0, 0.05) is 18.2 Å². The van der Waals surface area contributed by atoms with Crippen molar-refractivity contribution in [1.82, 2.24) is 9.55 Å². The number of phosphoric ester groups is 1. The number of nitrogens with zero attached hydrogens (tertiary/aromatic N) is 2. The lowest BCUT2D eigenvalue weighted by molar-refractivity contribution is -0.0450. The van der Waals surface area contributed by atoms with Crippen LogP contribution in [0.15, 0.2) is 11.0 Å². The fraction of sp³-hybridized carbons (Fsp3) is 0.600. The van der Waals surface area contributed by atoms with Crippen molar-refractivity contribution in [2.45, 2.75) is 31.8 Å². The fourth-order valence-corrected chi connectivity index (χ4v) is 5.42. The van der Waals surface area contributed by atoms with Crippen LogP contribution in [0.25, 0.3) is 0 Å². The Labute approximate surface area is 167 Å². The second-order valence-corrected chi connectivity index (χ2v) is 10.3. The summed E-state index contributed by atoms with van der Waals surface area (Å²) in [6, 6.07) is 0. The molecule has 30 heavy (non-hydrogen) atoms. The second-order valence-electron chi connectivity index (χ2n) is 5.89. The monoisotopic (exact) mass is 497 g/mol. The maximum absolute atomic E-state index is 12.0. The van der Waals surface area contributed by atoms with Crippen LogP contribution in [0.2, 0.25) is 0 Å². The molecule has 0 spiro atoms. The van der Waals surface area contributed by atoms with Crippen LogP contribution in [0.4, 0.5) is 5.82 Å². The Hall–Kier alpha value is -1.03. The van der Waals surface area contributed by atoms with Gasteiger partial charge < -0.3 is 29.4 Å². The summed E-state index contributed by atoms with van der Waals surface area (Å²) >= 11 is 0. The topological polar surface area (TPSA) is 256 Å². The lowest BCUT2D eigenvalue weighted by atomic mass is 10.2. The summed E-state index contributed by atoms with van der Waals surface area (Å²) in [7, 11) is -16.6. The number of anilines is 1. The van der Waals surface area contributed by atoms with Gasteiger partial charge in [0.15, 0.2) is 5.82 Å². The Bertz CT molecular complexity index is 976. The van der Waals surface area contributed by atoms with E-state index in [1.165, 1.54) is 13.1 Å². The molecule has 2 rings (SSSR count). The zero-order chi connectivity index (χ0) is 22.9. The molecule has 172 valence electrons. The van der Waals surface area contributed by atoms with Crippen molar-refractivity contribution in [3.63, 3.8) is 0 Å². The van der Waals surface area contributed by atoms with Crippen molar-refractivity contribution in [2.24, 2.45) is 0 Å². The van der Waals surface area contributed by atoms with E-state index >= 15 is 0 Å². The normalized spacial score (nSPS) is 26.2. The number of aryl methyl sites for hydroxylation is 1. The van der Waals surface area contributed by atoms with E-state index in [4.69, 9.17) is 24.6 Å². The largest absolute Gasteiger partial charge is 0.490 e. The number of hydrogen-bond acceptors (Lipinski definition) is 12. The number of rotatable bonds is 9. The van der Waals surface area contributed by atoms with Crippen LogP contribution in [0.5, 0.6) is 0 Å². The standard InChI is InChI=1S/C10H18N3O14P3/c1-5-3-13(10(15)11-9(5)12-16)8-2-6(14)7(25-8)4-24-29(20,21)27-30(22,23)26-28(17,18)19/h3,6-8,14,16H,2,4H2,1H3,(H,20,21)(H,22,23)(H,11,12,15)(H2,17,18,19)/t6-,7+,8+/m1/s1. The van der Waals surface area contributed by atoms with E-state index in [1.807, 2.05) is 0 Å². The molecule has 1 fully saturated rings. The predicted octanol–water partition coefficient (Wildman–Crippen LogP) is -0.655. The molecule has 0 aromatic carbocycles. The van der Waals surface area contributed by atoms with Gasteiger partial charge in [-0.25, -0.2) is 18.5 Å². The second kappa shape index (κ2) is 9.22. The van der Waals surface area contributed by atoms with Crippen LogP contribution >= 0.6 is 23.5 Å². The number of aliphatic hydroxyl groups is 1. The highest BCUT2D eigenvalue weighted by molar-refractivity contribution is 7.66. The van der Waals surface area contributed by atoms with Gasteiger partial charge >= 0.3 is 29.2 Å². The van der Waals surface area contributed by atoms with Gasteiger partial charge in [0.05, 0.1) is 12.7 Å². The highest BCUT2D eigenvalue weighted by Crippen LogP contribution is 2.66. The van der Waals surface area contributed by atoms with Crippen LogP contribution < -0.4 is 11.2 Å². The lowest BCUT2D eigenvalue weighted by Gasteiger charge is -2.19. The first-order valence-electron chi connectivity index (χ1n) is 7.74. The molecule has 0 aliphatic carbocycles. The zero-order valence-corrected chi connectivity index (χ0v) is 17.6. The van der Waals surface area contributed by atoms with Crippen LogP contribution in [0.3, 0.4) is 0 Å². The third-order valence-corrected chi connectivity index (χ3v) is 7.38. The summed E-state index contributed by atoms with van der Waals surface area (Å²) in [6.45, 7) is 0.637. The van der Waals surface area contributed by atoms with E-state index < -0.39 is 54.2 Å². The van der Waals surface area contributed by atoms with Gasteiger partial charge in [-0.05, 0) is 6.92 Å². The van der Waals surface area contributed by atoms with Crippen molar-refractivity contribution in [3.05, 3.63) is 22.2 Å². The Morgan fingerprint density at radius 1 is 1.23 bits per heavy atom. The molecule has 1 aliphatic rings. The summed E-state index contributed by atoms with van der Waals surface area (Å²) in [5.74, 6) is -0.0981. The van der Waals surface area contributed by atoms with Gasteiger partial charge in [0.2, 0.25) is 0 Å². The van der Waals surface area contributed by atoms with Crippen LogP contribution in [-0.2, 0) is 31.6 Å². The predicted molar refractivity (Wildman–Crippen MR) is 93.0 cm³/mol. The molecule has 0 bridgehead atoms. The number of ether oxygens (including phenoxy) is 1. The van der Waals surface area contributed by atoms with E-state index in [0.29, 0.717) is 5.56 Å². The molecule has 1 aliphatic heterocycles. The third-order valence-electron chi connectivity index (χ3n) is 3.57. The summed E-state index contributed by atoms with van der Waals surface area (Å²) in [5.41, 5.74) is 1.24. The Balaban J connectivity index is 2.03. The van der Waals surface area contributed by atoms with E-state index in [9.17, 15) is 28.5 Å². The molecule has 1 aromatic heterocycles. The van der Waals surface area contributed by atoms with Crippen LogP contribution in [0, 0.1) is 6.92 Å². The minimum absolute atomic E-state index is 0.0981. The van der Waals surface area contributed by atoms with Gasteiger partial charge in [-0.1, -0.05) is 0 Å². The minimum Gasteiger partial charge on any atom is -0.390 e. The molecule has 7 N–H and O–H groups in total. The first-order valence-corrected chi connectivity index (χ1v) is 12.3. The molecule has 1 saturated heterocycles. The van der Waals surface area contributed by atoms with E-state index in [2.05, 4.69) is 18.1 Å². The van der Waals surface area contributed by atoms with Gasteiger partial charge in [0.25, 0.3) is 0 Å². The molecular weight excluding hydrogens is 479 g/mol. The molecule has 17 nitrogen and oxygen atoms in total.